The third-order valence-corrected chi connectivity index (χ3v) is 11.2. The summed E-state index contributed by atoms with van der Waals surface area (Å²) >= 11 is 0. The highest BCUT2D eigenvalue weighted by molar-refractivity contribution is 6.29. The second-order valence-corrected chi connectivity index (χ2v) is 14.5. The summed E-state index contributed by atoms with van der Waals surface area (Å²) in [6.07, 6.45) is -5.04. The average molecular weight is 772 g/mol. The van der Waals surface area contributed by atoms with E-state index in [1.165, 1.54) is 27.2 Å². The maximum absolute atomic E-state index is 14.6. The van der Waals surface area contributed by atoms with Gasteiger partial charge in [0.1, 0.15) is 35.4 Å². The van der Waals surface area contributed by atoms with Gasteiger partial charge in [0.15, 0.2) is 23.4 Å². The second kappa shape index (κ2) is 14.7. The molecule has 294 valence electrons. The highest BCUT2D eigenvalue weighted by Gasteiger charge is 2.62. The number of aliphatic hydroxyl groups is 3. The Balaban J connectivity index is 1.24. The zero-order valence-electron chi connectivity index (χ0n) is 30.9. The van der Waals surface area contributed by atoms with E-state index in [-0.39, 0.29) is 35.4 Å². The van der Waals surface area contributed by atoms with Crippen LogP contribution in [0.2, 0.25) is 0 Å². The number of aryl methyl sites for hydroxylation is 2. The van der Waals surface area contributed by atoms with E-state index < -0.39 is 117 Å². The van der Waals surface area contributed by atoms with E-state index in [4.69, 9.17) is 18.9 Å². The lowest BCUT2D eigenvalue weighted by atomic mass is 9.59. The largest absolute Gasteiger partial charge is 0.507 e. The third-order valence-electron chi connectivity index (χ3n) is 11.2. The van der Waals surface area contributed by atoms with Crippen molar-refractivity contribution in [2.75, 3.05) is 20.8 Å². The number of hydrogen-bond acceptors (Lipinski definition) is 15. The maximum Gasteiger partial charge on any atom is 0.342 e. The SMILES string of the molecule is CO[C@@H]1[C@@H](O)[C@@H](OC)[C@@H](NC2=CC(=O)c3c(cc4c(c3O)C(=O)C3[C@H](O)Cc5cc(C)c(C(=O)OCCCc6ccccc6)c(O)c5[C@]3(O)C4=O)C2=O)O[C@H]1C. The lowest BCUT2D eigenvalue weighted by Crippen LogP contribution is -2.62. The number of Topliss-reactive ketones (excluding diaryl/α,β-unsaturated/α-hetero) is 3. The molecule has 8 atom stereocenters. The Morgan fingerprint density at radius 1 is 0.964 bits per heavy atom. The predicted molar refractivity (Wildman–Crippen MR) is 194 cm³/mol. The Bertz CT molecular complexity index is 2200. The molecule has 4 aliphatic rings. The van der Waals surface area contributed by atoms with Crippen LogP contribution in [0.25, 0.3) is 0 Å². The smallest absolute Gasteiger partial charge is 0.342 e. The van der Waals surface area contributed by atoms with Crippen molar-refractivity contribution in [2.45, 2.75) is 75.5 Å². The van der Waals surface area contributed by atoms with Gasteiger partial charge in [-0.2, -0.15) is 0 Å². The molecular formula is C41H41NO14. The van der Waals surface area contributed by atoms with Gasteiger partial charge < -0.3 is 49.8 Å². The Hall–Kier alpha value is -5.29. The lowest BCUT2D eigenvalue weighted by molar-refractivity contribution is -0.236. The van der Waals surface area contributed by atoms with Gasteiger partial charge in [-0.25, -0.2) is 4.79 Å². The first-order valence-electron chi connectivity index (χ1n) is 18.1. The molecule has 3 aromatic carbocycles. The van der Waals surface area contributed by atoms with Crippen LogP contribution in [-0.4, -0.2) is 112 Å². The van der Waals surface area contributed by atoms with E-state index >= 15 is 0 Å². The number of aromatic hydroxyl groups is 2. The molecule has 0 saturated carbocycles. The monoisotopic (exact) mass is 771 g/mol. The molecule has 1 unspecified atom stereocenters. The van der Waals surface area contributed by atoms with Gasteiger partial charge in [0.05, 0.1) is 41.6 Å². The molecular weight excluding hydrogens is 730 g/mol. The van der Waals surface area contributed by atoms with Gasteiger partial charge in [-0.1, -0.05) is 36.4 Å². The molecule has 0 aromatic heterocycles. The van der Waals surface area contributed by atoms with Crippen molar-refractivity contribution in [3.8, 4) is 11.5 Å². The normalized spacial score (nSPS) is 28.1. The highest BCUT2D eigenvalue weighted by atomic mass is 16.6. The summed E-state index contributed by atoms with van der Waals surface area (Å²) in [6, 6.07) is 11.8. The molecule has 6 N–H and O–H groups in total. The van der Waals surface area contributed by atoms with Crippen molar-refractivity contribution < 1.29 is 68.5 Å². The summed E-state index contributed by atoms with van der Waals surface area (Å²) in [6.45, 7) is 3.11. The first-order valence-corrected chi connectivity index (χ1v) is 18.1. The molecule has 0 radical (unpaired) electrons. The number of methoxy groups -OCH3 is 2. The molecule has 56 heavy (non-hydrogen) atoms. The van der Waals surface area contributed by atoms with Crippen LogP contribution >= 0.6 is 0 Å². The lowest BCUT2D eigenvalue weighted by Gasteiger charge is -2.45. The zero-order valence-corrected chi connectivity index (χ0v) is 30.9. The topological polar surface area (TPSA) is 235 Å². The minimum absolute atomic E-state index is 0.0191. The molecule has 1 aliphatic heterocycles. The van der Waals surface area contributed by atoms with Crippen molar-refractivity contribution in [1.29, 1.82) is 0 Å². The van der Waals surface area contributed by atoms with Gasteiger partial charge in [-0.05, 0) is 55.9 Å². The Kier molecular flexibility index (Phi) is 10.2. The predicted octanol–water partition coefficient (Wildman–Crippen LogP) is 1.98. The number of hydrogen-bond donors (Lipinski definition) is 6. The standard InChI is InChI=1S/C41H41NO14/c1-17-13-20-14-25(44)30-34(48)28-22(38(50)41(30,52)29(20)33(47)26(17)40(51)55-12-8-11-19-9-6-5-7-10-19)15-21-27(32(28)46)24(43)16-23(31(21)45)42-39-37(54-4)35(49)36(53-3)18(2)56-39/h5-7,9-10,13,15-16,18,25,30,35-37,39,42,44,46-47,49,52H,8,11-12,14H2,1-4H3/t18-,25+,30?,35+,36-,37+,39-,41+/m0/s1. The minimum atomic E-state index is -2.98. The van der Waals surface area contributed by atoms with E-state index in [0.717, 1.165) is 17.7 Å². The number of nitrogens with one attached hydrogen (secondary N) is 1. The van der Waals surface area contributed by atoms with Crippen LogP contribution in [0.5, 0.6) is 11.5 Å². The Morgan fingerprint density at radius 2 is 1.66 bits per heavy atom. The summed E-state index contributed by atoms with van der Waals surface area (Å²) in [7, 11) is 2.68. The number of rotatable bonds is 9. The average Bonchev–Trinajstić information content (AvgIpc) is 3.14. The molecule has 0 amide bonds. The number of benzene rings is 3. The fraction of sp³-hybridized carbons (Fsp3) is 0.390. The summed E-state index contributed by atoms with van der Waals surface area (Å²) in [5.41, 5.74) is -5.32. The fourth-order valence-electron chi connectivity index (χ4n) is 8.57. The van der Waals surface area contributed by atoms with Crippen LogP contribution in [0.15, 0.2) is 54.2 Å². The number of carbonyl (C=O) groups is 5. The van der Waals surface area contributed by atoms with Crippen molar-refractivity contribution >= 4 is 29.1 Å². The molecule has 1 fully saturated rings. The molecule has 3 aliphatic carbocycles. The van der Waals surface area contributed by atoms with E-state index in [2.05, 4.69) is 5.32 Å². The Morgan fingerprint density at radius 3 is 2.34 bits per heavy atom. The Labute approximate surface area is 320 Å². The quantitative estimate of drug-likeness (QED) is 0.135. The third kappa shape index (κ3) is 6.02. The van der Waals surface area contributed by atoms with E-state index in [1.54, 1.807) is 6.92 Å². The minimum Gasteiger partial charge on any atom is -0.507 e. The molecule has 1 heterocycles. The first kappa shape index (κ1) is 39.0. The van der Waals surface area contributed by atoms with Crippen LogP contribution in [0, 0.1) is 12.8 Å². The zero-order chi connectivity index (χ0) is 40.4. The first-order chi connectivity index (χ1) is 26.6. The number of allylic oxidation sites excluding steroid dienone is 2. The molecule has 15 heteroatoms. The molecule has 0 bridgehead atoms. The van der Waals surface area contributed by atoms with Crippen molar-refractivity contribution in [3.05, 3.63) is 104 Å². The number of phenols is 2. The van der Waals surface area contributed by atoms with Crippen LogP contribution in [-0.2, 0) is 37.4 Å². The van der Waals surface area contributed by atoms with Crippen LogP contribution in [0.4, 0.5) is 0 Å². The number of carbonyl (C=O) groups excluding carboxylic acids is 5. The van der Waals surface area contributed by atoms with E-state index in [0.29, 0.717) is 12.8 Å². The highest BCUT2D eigenvalue weighted by Crippen LogP contribution is 2.53. The van der Waals surface area contributed by atoms with Gasteiger partial charge in [0.2, 0.25) is 11.6 Å². The fourth-order valence-corrected chi connectivity index (χ4v) is 8.57. The summed E-state index contributed by atoms with van der Waals surface area (Å²) < 4.78 is 22.1. The van der Waals surface area contributed by atoms with Gasteiger partial charge in [-0.15, -0.1) is 0 Å². The molecule has 1 saturated heterocycles. The molecule has 0 spiro atoms. The number of aliphatic hydroxyl groups excluding tert-OH is 2. The number of ketones is 4. The van der Waals surface area contributed by atoms with Crippen LogP contribution in [0.3, 0.4) is 0 Å². The molecule has 15 nitrogen and oxygen atoms in total. The van der Waals surface area contributed by atoms with Gasteiger partial charge >= 0.3 is 5.97 Å². The summed E-state index contributed by atoms with van der Waals surface area (Å²) in [4.78, 5) is 69.7. The van der Waals surface area contributed by atoms with Crippen molar-refractivity contribution in [2.24, 2.45) is 5.92 Å². The van der Waals surface area contributed by atoms with Crippen molar-refractivity contribution in [3.63, 3.8) is 0 Å². The maximum atomic E-state index is 14.6. The van der Waals surface area contributed by atoms with Crippen LogP contribution in [0.1, 0.15) is 87.4 Å². The van der Waals surface area contributed by atoms with Crippen molar-refractivity contribution in [1.82, 2.24) is 5.32 Å². The number of ether oxygens (including phenoxy) is 4. The van der Waals surface area contributed by atoms with Gasteiger partial charge in [0.25, 0.3) is 0 Å². The van der Waals surface area contributed by atoms with E-state index in [9.17, 15) is 49.5 Å². The van der Waals surface area contributed by atoms with Crippen LogP contribution < -0.4 is 5.32 Å². The molecule has 3 aromatic rings. The van der Waals surface area contributed by atoms with Gasteiger partial charge in [0, 0.05) is 37.0 Å². The number of phenolic OH excluding ortho intramolecular Hbond substituents is 2. The number of fused-ring (bicyclic) bond motifs is 5. The summed E-state index contributed by atoms with van der Waals surface area (Å²) in [5.74, 6) is -9.01. The second-order valence-electron chi connectivity index (χ2n) is 14.5. The summed E-state index contributed by atoms with van der Waals surface area (Å²) in [5, 5.41) is 60.4. The van der Waals surface area contributed by atoms with Gasteiger partial charge in [-0.3, -0.25) is 19.2 Å². The van der Waals surface area contributed by atoms with E-state index in [1.807, 2.05) is 30.3 Å². The number of esters is 1. The molecule has 7 rings (SSSR count).